The van der Waals surface area contributed by atoms with Crippen LogP contribution in [0.15, 0.2) is 0 Å². The van der Waals surface area contributed by atoms with Crippen molar-refractivity contribution in [3.8, 4) is 0 Å². The molecule has 114 valence electrons. The van der Waals surface area contributed by atoms with Crippen molar-refractivity contribution < 1.29 is 14.7 Å². The quantitative estimate of drug-likeness (QED) is 0.896. The topological polar surface area (TPSA) is 79.3 Å². The van der Waals surface area contributed by atoms with Gasteiger partial charge in [0.2, 0.25) is 5.91 Å². The molecular formula is C15H20N2O3S. The minimum absolute atomic E-state index is 0.175. The van der Waals surface area contributed by atoms with Crippen molar-refractivity contribution in [3.05, 3.63) is 10.6 Å². The highest BCUT2D eigenvalue weighted by molar-refractivity contribution is 7.15. The van der Waals surface area contributed by atoms with Crippen molar-refractivity contribution in [2.75, 3.05) is 5.32 Å². The molecule has 3 atom stereocenters. The number of carboxylic acids is 1. The second-order valence-electron chi connectivity index (χ2n) is 6.03. The number of carbonyl (C=O) groups is 2. The predicted molar refractivity (Wildman–Crippen MR) is 80.4 cm³/mol. The monoisotopic (exact) mass is 308 g/mol. The molecular weight excluding hydrogens is 288 g/mol. The fraction of sp³-hybridized carbons (Fsp3) is 0.667. The van der Waals surface area contributed by atoms with Crippen molar-refractivity contribution in [1.82, 2.24) is 4.98 Å². The van der Waals surface area contributed by atoms with Gasteiger partial charge in [0.25, 0.3) is 0 Å². The Balaban J connectivity index is 1.70. The molecule has 0 aromatic carbocycles. The molecule has 1 amide bonds. The van der Waals surface area contributed by atoms with Gasteiger partial charge in [-0.15, -0.1) is 11.3 Å². The number of aryl methyl sites for hydroxylation is 2. The zero-order chi connectivity index (χ0) is 15.0. The van der Waals surface area contributed by atoms with Crippen molar-refractivity contribution in [2.45, 2.75) is 45.4 Å². The lowest BCUT2D eigenvalue weighted by atomic mass is 9.95. The van der Waals surface area contributed by atoms with Gasteiger partial charge >= 0.3 is 5.97 Å². The minimum Gasteiger partial charge on any atom is -0.481 e. The second kappa shape index (κ2) is 5.75. The average molecular weight is 308 g/mol. The fourth-order valence-corrected chi connectivity index (χ4v) is 4.53. The van der Waals surface area contributed by atoms with Crippen LogP contribution >= 0.6 is 11.3 Å². The van der Waals surface area contributed by atoms with E-state index in [0.717, 1.165) is 31.4 Å². The predicted octanol–water partition coefficient (Wildman–Crippen LogP) is 2.71. The molecule has 2 aliphatic rings. The Kier molecular flexibility index (Phi) is 3.97. The number of aliphatic carboxylic acids is 1. The van der Waals surface area contributed by atoms with Crippen LogP contribution in [0.5, 0.6) is 0 Å². The Bertz CT molecular complexity index is 548. The van der Waals surface area contributed by atoms with Gasteiger partial charge in [-0.1, -0.05) is 13.3 Å². The number of thiazole rings is 1. The molecule has 1 fully saturated rings. The van der Waals surface area contributed by atoms with Gasteiger partial charge in [0.05, 0.1) is 17.5 Å². The van der Waals surface area contributed by atoms with Crippen LogP contribution in [0, 0.1) is 17.8 Å². The maximum Gasteiger partial charge on any atom is 0.307 e. The van der Waals surface area contributed by atoms with Gasteiger partial charge in [-0.2, -0.15) is 0 Å². The van der Waals surface area contributed by atoms with Gasteiger partial charge in [-0.3, -0.25) is 9.59 Å². The SMILES string of the molecule is CCC1C[C@H](C(=O)Nc2nc3c(s2)CCC3)[C@H](C(=O)O)C1. The van der Waals surface area contributed by atoms with Gasteiger partial charge in [0.15, 0.2) is 5.13 Å². The van der Waals surface area contributed by atoms with E-state index in [2.05, 4.69) is 17.2 Å². The first-order valence-corrected chi connectivity index (χ1v) is 8.42. The molecule has 3 rings (SSSR count). The Labute approximate surface area is 127 Å². The zero-order valence-electron chi connectivity index (χ0n) is 12.1. The molecule has 1 aromatic heterocycles. The van der Waals surface area contributed by atoms with Crippen LogP contribution in [0.1, 0.15) is 43.2 Å². The number of hydrogen-bond acceptors (Lipinski definition) is 4. The lowest BCUT2D eigenvalue weighted by Gasteiger charge is -2.14. The molecule has 2 N–H and O–H groups in total. The molecule has 2 aliphatic carbocycles. The van der Waals surface area contributed by atoms with Gasteiger partial charge in [-0.05, 0) is 38.0 Å². The number of nitrogens with one attached hydrogen (secondary N) is 1. The average Bonchev–Trinajstić information content (AvgIpc) is 3.10. The number of hydrogen-bond donors (Lipinski definition) is 2. The summed E-state index contributed by atoms with van der Waals surface area (Å²) in [4.78, 5) is 29.5. The largest absolute Gasteiger partial charge is 0.481 e. The summed E-state index contributed by atoms with van der Waals surface area (Å²) in [5.74, 6) is -1.67. The number of anilines is 1. The number of carbonyl (C=O) groups excluding carboxylic acids is 1. The van der Waals surface area contributed by atoms with Crippen LogP contribution < -0.4 is 5.32 Å². The molecule has 21 heavy (non-hydrogen) atoms. The first-order valence-electron chi connectivity index (χ1n) is 7.60. The highest BCUT2D eigenvalue weighted by atomic mass is 32.1. The molecule has 0 radical (unpaired) electrons. The normalized spacial score (nSPS) is 27.6. The number of amides is 1. The third-order valence-corrected chi connectivity index (χ3v) is 5.79. The maximum absolute atomic E-state index is 12.4. The number of rotatable bonds is 4. The van der Waals surface area contributed by atoms with E-state index in [1.165, 1.54) is 16.2 Å². The Morgan fingerprint density at radius 3 is 2.76 bits per heavy atom. The number of nitrogens with zero attached hydrogens (tertiary/aromatic N) is 1. The molecule has 1 saturated carbocycles. The summed E-state index contributed by atoms with van der Waals surface area (Å²) in [6.07, 6.45) is 5.38. The molecule has 6 heteroatoms. The smallest absolute Gasteiger partial charge is 0.307 e. The van der Waals surface area contributed by atoms with Crippen molar-refractivity contribution in [1.29, 1.82) is 0 Å². The van der Waals surface area contributed by atoms with Crippen molar-refractivity contribution in [2.24, 2.45) is 17.8 Å². The summed E-state index contributed by atoms with van der Waals surface area (Å²) in [5, 5.41) is 12.8. The summed E-state index contributed by atoms with van der Waals surface area (Å²) in [6, 6.07) is 0. The maximum atomic E-state index is 12.4. The summed E-state index contributed by atoms with van der Waals surface area (Å²) in [7, 11) is 0. The van der Waals surface area contributed by atoms with E-state index >= 15 is 0 Å². The van der Waals surface area contributed by atoms with E-state index < -0.39 is 17.8 Å². The van der Waals surface area contributed by atoms with Gasteiger partial charge in [-0.25, -0.2) is 4.98 Å². The summed E-state index contributed by atoms with van der Waals surface area (Å²) in [5.41, 5.74) is 1.10. The van der Waals surface area contributed by atoms with Crippen LogP contribution in [0.2, 0.25) is 0 Å². The minimum atomic E-state index is -0.854. The van der Waals surface area contributed by atoms with E-state index in [-0.39, 0.29) is 5.91 Å². The van der Waals surface area contributed by atoms with Crippen LogP contribution in [-0.4, -0.2) is 22.0 Å². The fourth-order valence-electron chi connectivity index (χ4n) is 3.48. The summed E-state index contributed by atoms with van der Waals surface area (Å²) >= 11 is 1.53. The molecule has 1 heterocycles. The number of carboxylic acid groups (broad SMARTS) is 1. The van der Waals surface area contributed by atoms with Gasteiger partial charge < -0.3 is 10.4 Å². The molecule has 1 unspecified atom stereocenters. The number of fused-ring (bicyclic) bond motifs is 1. The summed E-state index contributed by atoms with van der Waals surface area (Å²) in [6.45, 7) is 2.05. The summed E-state index contributed by atoms with van der Waals surface area (Å²) < 4.78 is 0. The lowest BCUT2D eigenvalue weighted by molar-refractivity contribution is -0.145. The molecule has 0 aliphatic heterocycles. The molecule has 1 aromatic rings. The Hall–Kier alpha value is -1.43. The zero-order valence-corrected chi connectivity index (χ0v) is 12.9. The van der Waals surface area contributed by atoms with Crippen molar-refractivity contribution in [3.63, 3.8) is 0 Å². The van der Waals surface area contributed by atoms with Gasteiger partial charge in [0, 0.05) is 4.88 Å². The Morgan fingerprint density at radius 1 is 1.33 bits per heavy atom. The molecule has 0 saturated heterocycles. The molecule has 0 bridgehead atoms. The first-order chi connectivity index (χ1) is 10.1. The van der Waals surface area contributed by atoms with Crippen LogP contribution in [-0.2, 0) is 22.4 Å². The Morgan fingerprint density at radius 2 is 2.10 bits per heavy atom. The number of aromatic nitrogens is 1. The molecule has 5 nitrogen and oxygen atoms in total. The lowest BCUT2D eigenvalue weighted by Crippen LogP contribution is -2.29. The van der Waals surface area contributed by atoms with E-state index in [1.807, 2.05) is 0 Å². The highest BCUT2D eigenvalue weighted by Gasteiger charge is 2.42. The third-order valence-electron chi connectivity index (χ3n) is 4.72. The van der Waals surface area contributed by atoms with E-state index in [0.29, 0.717) is 23.9 Å². The molecule has 0 spiro atoms. The first kappa shape index (κ1) is 14.5. The second-order valence-corrected chi connectivity index (χ2v) is 7.11. The van der Waals surface area contributed by atoms with Crippen LogP contribution in [0.3, 0.4) is 0 Å². The van der Waals surface area contributed by atoms with E-state index in [1.54, 1.807) is 0 Å². The third kappa shape index (κ3) is 2.81. The van der Waals surface area contributed by atoms with Crippen LogP contribution in [0.4, 0.5) is 5.13 Å². The standard InChI is InChI=1S/C15H20N2O3S/c1-2-8-6-9(10(7-8)14(19)20)13(18)17-15-16-11-4-3-5-12(11)21-15/h8-10H,2-7H2,1H3,(H,19,20)(H,16,17,18)/t8?,9-,10+/m0/s1. The van der Waals surface area contributed by atoms with E-state index in [9.17, 15) is 14.7 Å². The van der Waals surface area contributed by atoms with Crippen molar-refractivity contribution >= 4 is 28.3 Å². The van der Waals surface area contributed by atoms with Crippen LogP contribution in [0.25, 0.3) is 0 Å². The van der Waals surface area contributed by atoms with E-state index in [4.69, 9.17) is 0 Å². The highest BCUT2D eigenvalue weighted by Crippen LogP contribution is 2.39. The van der Waals surface area contributed by atoms with Gasteiger partial charge in [0.1, 0.15) is 0 Å².